The summed E-state index contributed by atoms with van der Waals surface area (Å²) in [6, 6.07) is 4.43. The van der Waals surface area contributed by atoms with E-state index >= 15 is 0 Å². The average molecular weight is 420 g/mol. The Morgan fingerprint density at radius 3 is 2.77 bits per heavy atom. The summed E-state index contributed by atoms with van der Waals surface area (Å²) < 4.78 is 54.5. The highest BCUT2D eigenvalue weighted by molar-refractivity contribution is 5.75. The number of ether oxygens (including phenoxy) is 3. The van der Waals surface area contributed by atoms with Crippen molar-refractivity contribution in [2.45, 2.75) is 46.1 Å². The topological polar surface area (TPSA) is 52.6 Å². The second kappa shape index (κ2) is 8.02. The molecule has 2 aromatic rings. The lowest BCUT2D eigenvalue weighted by molar-refractivity contribution is -0.274. The van der Waals surface area contributed by atoms with E-state index in [2.05, 4.69) is 28.2 Å². The van der Waals surface area contributed by atoms with Gasteiger partial charge in [0.1, 0.15) is 5.75 Å². The van der Waals surface area contributed by atoms with Crippen LogP contribution in [0.25, 0.3) is 5.57 Å². The summed E-state index contributed by atoms with van der Waals surface area (Å²) in [5, 5.41) is 3.00. The van der Waals surface area contributed by atoms with Crippen LogP contribution in [0.2, 0.25) is 0 Å². The van der Waals surface area contributed by atoms with Gasteiger partial charge in [0.2, 0.25) is 5.79 Å². The minimum Gasteiger partial charge on any atom is -0.461 e. The Bertz CT molecular complexity index is 984. The van der Waals surface area contributed by atoms with Crippen molar-refractivity contribution in [2.24, 2.45) is 0 Å². The third-order valence-corrected chi connectivity index (χ3v) is 4.61. The number of rotatable bonds is 6. The van der Waals surface area contributed by atoms with Crippen LogP contribution in [-0.2, 0) is 17.9 Å². The van der Waals surface area contributed by atoms with Crippen molar-refractivity contribution in [2.75, 3.05) is 5.32 Å². The van der Waals surface area contributed by atoms with Gasteiger partial charge in [-0.25, -0.2) is 0 Å². The van der Waals surface area contributed by atoms with Gasteiger partial charge in [0.05, 0.1) is 18.0 Å². The Morgan fingerprint density at radius 2 is 2.10 bits per heavy atom. The fraction of sp³-hybridized carbons (Fsp3) is 0.318. The molecule has 0 aliphatic carbocycles. The zero-order valence-electron chi connectivity index (χ0n) is 17.0. The zero-order chi connectivity index (χ0) is 22.1. The third kappa shape index (κ3) is 4.94. The number of fused-ring (bicyclic) bond motifs is 1. The molecule has 3 rings (SSSR count). The molecule has 5 nitrogen and oxygen atoms in total. The van der Waals surface area contributed by atoms with E-state index in [1.807, 2.05) is 6.92 Å². The van der Waals surface area contributed by atoms with Gasteiger partial charge in [-0.05, 0) is 35.8 Å². The summed E-state index contributed by atoms with van der Waals surface area (Å²) in [5.41, 5.74) is 3.43. The first-order chi connectivity index (χ1) is 14.0. The lowest BCUT2D eigenvalue weighted by Crippen LogP contribution is -2.36. The molecule has 30 heavy (non-hydrogen) atoms. The second-order valence-electron chi connectivity index (χ2n) is 7.31. The van der Waals surface area contributed by atoms with Gasteiger partial charge in [-0.2, -0.15) is 0 Å². The number of aromatic nitrogens is 1. The Labute approximate surface area is 173 Å². The molecule has 0 atom stereocenters. The molecule has 1 aliphatic rings. The number of allylic oxidation sites excluding steroid dienone is 2. The zero-order valence-corrected chi connectivity index (χ0v) is 17.0. The van der Waals surface area contributed by atoms with Crippen molar-refractivity contribution in [3.63, 3.8) is 0 Å². The number of hydrogen-bond donors (Lipinski definition) is 1. The number of aryl methyl sites for hydroxylation is 1. The van der Waals surface area contributed by atoms with E-state index in [1.165, 1.54) is 18.2 Å². The van der Waals surface area contributed by atoms with Gasteiger partial charge in [-0.3, -0.25) is 4.98 Å². The molecule has 1 aromatic carbocycles. The minimum absolute atomic E-state index is 0.181. The van der Waals surface area contributed by atoms with Crippen LogP contribution < -0.4 is 14.8 Å². The van der Waals surface area contributed by atoms with Crippen molar-refractivity contribution < 1.29 is 27.4 Å². The fourth-order valence-corrected chi connectivity index (χ4v) is 3.03. The molecule has 160 valence electrons. The molecule has 2 heterocycles. The van der Waals surface area contributed by atoms with Crippen LogP contribution >= 0.6 is 0 Å². The van der Waals surface area contributed by atoms with Crippen LogP contribution in [0.15, 0.2) is 43.6 Å². The van der Waals surface area contributed by atoms with Gasteiger partial charge in [-0.1, -0.05) is 25.3 Å². The maximum atomic E-state index is 12.9. The highest BCUT2D eigenvalue weighted by atomic mass is 19.4. The molecule has 0 unspecified atom stereocenters. The first kappa shape index (κ1) is 21.7. The van der Waals surface area contributed by atoms with Crippen molar-refractivity contribution in [3.8, 4) is 11.5 Å². The Morgan fingerprint density at radius 1 is 1.37 bits per heavy atom. The quantitative estimate of drug-likeness (QED) is 0.604. The lowest BCUT2D eigenvalue weighted by atomic mass is 10.1. The molecule has 0 saturated heterocycles. The van der Waals surface area contributed by atoms with E-state index < -0.39 is 12.1 Å². The van der Waals surface area contributed by atoms with Crippen molar-refractivity contribution >= 4 is 11.3 Å². The van der Waals surface area contributed by atoms with Crippen LogP contribution in [0.3, 0.4) is 0 Å². The maximum Gasteiger partial charge on any atom is 0.573 e. The number of nitrogens with one attached hydrogen (secondary N) is 1. The lowest BCUT2D eigenvalue weighted by Gasteiger charge is -2.34. The van der Waals surface area contributed by atoms with Crippen molar-refractivity contribution in [3.05, 3.63) is 66.0 Å². The smallest absolute Gasteiger partial charge is 0.461 e. The molecule has 0 fully saturated rings. The summed E-state index contributed by atoms with van der Waals surface area (Å²) in [6.07, 6.45) is -1.71. The van der Waals surface area contributed by atoms with Crippen LogP contribution in [0.4, 0.5) is 18.9 Å². The predicted octanol–water partition coefficient (Wildman–Crippen LogP) is 5.75. The SMILES string of the molecule is C=CC(=C)c1ccc(NCc2cnc(C)c3c2COC(C)(C)O3)c(OC(F)(F)F)c1. The Kier molecular flexibility index (Phi) is 5.81. The second-order valence-corrected chi connectivity index (χ2v) is 7.31. The first-order valence-corrected chi connectivity index (χ1v) is 9.25. The molecule has 1 N–H and O–H groups in total. The summed E-state index contributed by atoms with van der Waals surface area (Å²) in [5.74, 6) is -0.497. The third-order valence-electron chi connectivity index (χ3n) is 4.61. The molecule has 0 amide bonds. The summed E-state index contributed by atoms with van der Waals surface area (Å²) in [4.78, 5) is 4.35. The molecule has 0 radical (unpaired) electrons. The number of alkyl halides is 3. The van der Waals surface area contributed by atoms with E-state index in [9.17, 15) is 13.2 Å². The first-order valence-electron chi connectivity index (χ1n) is 9.25. The molecule has 0 spiro atoms. The van der Waals surface area contributed by atoms with E-state index in [1.54, 1.807) is 26.1 Å². The summed E-state index contributed by atoms with van der Waals surface area (Å²) in [7, 11) is 0. The summed E-state index contributed by atoms with van der Waals surface area (Å²) >= 11 is 0. The molecule has 1 aliphatic heterocycles. The number of anilines is 1. The van der Waals surface area contributed by atoms with Gasteiger partial charge in [0.15, 0.2) is 5.75 Å². The van der Waals surface area contributed by atoms with E-state index in [0.29, 0.717) is 23.5 Å². The molecular weight excluding hydrogens is 397 g/mol. The predicted molar refractivity (Wildman–Crippen MR) is 108 cm³/mol. The van der Waals surface area contributed by atoms with Gasteiger partial charge in [0, 0.05) is 32.2 Å². The van der Waals surface area contributed by atoms with Crippen LogP contribution in [0.1, 0.15) is 36.2 Å². The van der Waals surface area contributed by atoms with Gasteiger partial charge < -0.3 is 19.5 Å². The normalized spacial score (nSPS) is 15.0. The van der Waals surface area contributed by atoms with Crippen LogP contribution in [0, 0.1) is 6.92 Å². The van der Waals surface area contributed by atoms with Gasteiger partial charge in [-0.15, -0.1) is 13.2 Å². The van der Waals surface area contributed by atoms with E-state index in [-0.39, 0.29) is 18.0 Å². The van der Waals surface area contributed by atoms with E-state index in [0.717, 1.165) is 16.8 Å². The monoisotopic (exact) mass is 420 g/mol. The van der Waals surface area contributed by atoms with Crippen LogP contribution in [-0.4, -0.2) is 17.1 Å². The molecule has 8 heteroatoms. The van der Waals surface area contributed by atoms with Crippen molar-refractivity contribution in [1.29, 1.82) is 0 Å². The molecular formula is C22H23F3N2O3. The van der Waals surface area contributed by atoms with Crippen LogP contribution in [0.5, 0.6) is 11.5 Å². The molecule has 0 bridgehead atoms. The Balaban J connectivity index is 1.89. The maximum absolute atomic E-state index is 12.9. The van der Waals surface area contributed by atoms with Gasteiger partial charge >= 0.3 is 6.36 Å². The highest BCUT2D eigenvalue weighted by Gasteiger charge is 2.33. The largest absolute Gasteiger partial charge is 0.573 e. The number of halogens is 3. The van der Waals surface area contributed by atoms with Crippen molar-refractivity contribution in [1.82, 2.24) is 4.98 Å². The van der Waals surface area contributed by atoms with E-state index in [4.69, 9.17) is 9.47 Å². The highest BCUT2D eigenvalue weighted by Crippen LogP contribution is 2.37. The number of hydrogen-bond acceptors (Lipinski definition) is 5. The fourth-order valence-electron chi connectivity index (χ4n) is 3.03. The molecule has 1 aromatic heterocycles. The average Bonchev–Trinajstić information content (AvgIpc) is 2.66. The summed E-state index contributed by atoms with van der Waals surface area (Å²) in [6.45, 7) is 13.3. The minimum atomic E-state index is -4.83. The number of benzene rings is 1. The standard InChI is InChI=1S/C22H23F3N2O3/c1-6-13(2)15-7-8-18(19(9-15)29-22(23,24)25)27-11-16-10-26-14(3)20-17(16)12-28-21(4,5)30-20/h6-10,27H,1-2,11-12H2,3-5H3. The number of nitrogens with zero attached hydrogens (tertiary/aromatic N) is 1. The van der Waals surface area contributed by atoms with Gasteiger partial charge in [0.25, 0.3) is 0 Å². The Hall–Kier alpha value is -3.00. The number of pyridine rings is 1. The molecule has 0 saturated carbocycles.